The first kappa shape index (κ1) is 44.4. The lowest BCUT2D eigenvalue weighted by Crippen LogP contribution is -2.66. The fraction of sp³-hybridized carbons (Fsp3) is 0.400. The molecule has 0 aromatic heterocycles. The third kappa shape index (κ3) is 12.0. The second kappa shape index (κ2) is 23.0. The van der Waals surface area contributed by atoms with Crippen LogP contribution in [0.15, 0.2) is 133 Å². The number of nitrogens with zero attached hydrogens (tertiary/aromatic N) is 3. The molecule has 10 atom stereocenters. The molecule has 2 saturated heterocycles. The van der Waals surface area contributed by atoms with E-state index in [4.69, 9.17) is 47.4 Å². The normalized spacial score (nSPS) is 26.4. The summed E-state index contributed by atoms with van der Waals surface area (Å²) in [6, 6.07) is 34.5. The zero-order valence-corrected chi connectivity index (χ0v) is 33.5. The number of hydrogen-bond acceptors (Lipinski definition) is 13. The molecule has 0 spiro atoms. The summed E-state index contributed by atoms with van der Waals surface area (Å²) in [6.45, 7) is 4.17. The average molecular weight is 826 g/mol. The van der Waals surface area contributed by atoms with Gasteiger partial charge in [-0.25, -0.2) is 4.79 Å². The minimum Gasteiger partial charge on any atom is -0.497 e. The number of methoxy groups -OCH3 is 2. The number of carbonyl (C=O) groups excluding carboxylic acids is 1. The van der Waals surface area contributed by atoms with E-state index in [-0.39, 0.29) is 39.6 Å². The number of esters is 1. The van der Waals surface area contributed by atoms with Gasteiger partial charge in [0.2, 0.25) is 0 Å². The Morgan fingerprint density at radius 3 is 1.82 bits per heavy atom. The zero-order valence-electron chi connectivity index (χ0n) is 33.5. The van der Waals surface area contributed by atoms with Crippen molar-refractivity contribution < 1.29 is 57.3 Å². The molecule has 2 aliphatic heterocycles. The molecule has 0 amide bonds. The van der Waals surface area contributed by atoms with Crippen LogP contribution in [-0.4, -0.2) is 99.9 Å². The molecule has 0 saturated carbocycles. The molecule has 4 aromatic carbocycles. The Bertz CT molecular complexity index is 1940. The van der Waals surface area contributed by atoms with Crippen molar-refractivity contribution in [3.8, 4) is 5.75 Å². The van der Waals surface area contributed by atoms with E-state index in [1.165, 1.54) is 7.11 Å². The fourth-order valence-corrected chi connectivity index (χ4v) is 6.95. The first-order chi connectivity index (χ1) is 29.4. The Morgan fingerprint density at radius 2 is 1.27 bits per heavy atom. The standard InChI is InChI=1S/C45H51N3O12/c1-4-24-54-44-36(47-48-46)39(55-26-31-16-10-6-11-17-31)38(35(58-44)29-53-25-30-14-8-5-9-15-30)59-45-37(49)40(56-27-32-18-12-7-13-19-32)41(42(60-45)43(50)52-3)57-28-33-20-22-34(51-2)23-21-33/h4-23,35-42,44-45,49H,1,24-29H2,2-3H3/t35-,36-,37+,38-,39-,40+,41-,42-,44+,45-/m1/s1. The van der Waals surface area contributed by atoms with Gasteiger partial charge in [0, 0.05) is 4.91 Å². The molecular weight excluding hydrogens is 775 g/mol. The Balaban J connectivity index is 1.34. The molecule has 0 unspecified atom stereocenters. The van der Waals surface area contributed by atoms with E-state index in [0.29, 0.717) is 5.75 Å². The van der Waals surface area contributed by atoms with Gasteiger partial charge >= 0.3 is 5.97 Å². The highest BCUT2D eigenvalue weighted by molar-refractivity contribution is 5.75. The maximum absolute atomic E-state index is 13.6. The van der Waals surface area contributed by atoms with Crippen molar-refractivity contribution in [3.63, 3.8) is 0 Å². The lowest BCUT2D eigenvalue weighted by Gasteiger charge is -2.48. The molecule has 60 heavy (non-hydrogen) atoms. The average Bonchev–Trinajstić information content (AvgIpc) is 3.29. The van der Waals surface area contributed by atoms with E-state index < -0.39 is 67.3 Å². The van der Waals surface area contributed by atoms with Crippen LogP contribution in [0.2, 0.25) is 0 Å². The molecule has 15 nitrogen and oxygen atoms in total. The molecule has 2 heterocycles. The van der Waals surface area contributed by atoms with Gasteiger partial charge in [0.15, 0.2) is 18.7 Å². The molecular formula is C45H51N3O12. The van der Waals surface area contributed by atoms with E-state index in [1.807, 2.05) is 103 Å². The van der Waals surface area contributed by atoms with Crippen LogP contribution in [0.3, 0.4) is 0 Å². The van der Waals surface area contributed by atoms with Crippen molar-refractivity contribution >= 4 is 5.97 Å². The summed E-state index contributed by atoms with van der Waals surface area (Å²) >= 11 is 0. The quantitative estimate of drug-likeness (QED) is 0.0330. The number of carbonyl (C=O) groups is 1. The highest BCUT2D eigenvalue weighted by Gasteiger charge is 2.55. The lowest BCUT2D eigenvalue weighted by molar-refractivity contribution is -0.353. The Morgan fingerprint density at radius 1 is 0.717 bits per heavy atom. The van der Waals surface area contributed by atoms with Gasteiger partial charge < -0.3 is 52.5 Å². The topological polar surface area (TPSA) is 178 Å². The van der Waals surface area contributed by atoms with E-state index in [1.54, 1.807) is 25.3 Å². The SMILES string of the molecule is C=CCO[C@H]1O[C@H](COCc2ccccc2)[C@@H](O[C@@H]2O[C@@H](C(=O)OC)[C@H](OCc3ccc(OC)cc3)[C@@H](OCc3ccccc3)[C@@H]2O)[C@H](OCc2ccccc2)[C@H]1N=[N+]=[N-]. The van der Waals surface area contributed by atoms with Crippen LogP contribution in [0.1, 0.15) is 22.3 Å². The van der Waals surface area contributed by atoms with Crippen molar-refractivity contribution in [2.45, 2.75) is 87.8 Å². The molecule has 0 aliphatic carbocycles. The number of aliphatic hydroxyl groups is 1. The van der Waals surface area contributed by atoms with Gasteiger partial charge in [-0.3, -0.25) is 0 Å². The van der Waals surface area contributed by atoms with E-state index >= 15 is 0 Å². The Kier molecular flexibility index (Phi) is 17.0. The summed E-state index contributed by atoms with van der Waals surface area (Å²) in [6.07, 6.45) is -9.61. The van der Waals surface area contributed by atoms with Crippen molar-refractivity contribution in [1.29, 1.82) is 0 Å². The van der Waals surface area contributed by atoms with Crippen molar-refractivity contribution in [3.05, 3.63) is 161 Å². The Hall–Kier alpha value is -5.16. The predicted molar refractivity (Wildman–Crippen MR) is 217 cm³/mol. The molecule has 15 heteroatoms. The number of rotatable bonds is 21. The van der Waals surface area contributed by atoms with Gasteiger partial charge in [0.05, 0.1) is 53.9 Å². The van der Waals surface area contributed by atoms with Gasteiger partial charge in [-0.15, -0.1) is 6.58 Å². The molecule has 4 aromatic rings. The molecule has 6 rings (SSSR count). The minimum atomic E-state index is -1.55. The van der Waals surface area contributed by atoms with Gasteiger partial charge in [-0.1, -0.05) is 114 Å². The minimum absolute atomic E-state index is 0.0294. The molecule has 0 radical (unpaired) electrons. The monoisotopic (exact) mass is 825 g/mol. The van der Waals surface area contributed by atoms with Crippen LogP contribution in [0.5, 0.6) is 5.75 Å². The van der Waals surface area contributed by atoms with Crippen LogP contribution in [0.4, 0.5) is 0 Å². The maximum Gasteiger partial charge on any atom is 0.337 e. The summed E-state index contributed by atoms with van der Waals surface area (Å²) in [5.41, 5.74) is 13.1. The maximum atomic E-state index is 13.6. The molecule has 2 aliphatic rings. The lowest BCUT2D eigenvalue weighted by atomic mass is 9.95. The number of hydrogen-bond donors (Lipinski definition) is 1. The van der Waals surface area contributed by atoms with Gasteiger partial charge in [0.25, 0.3) is 0 Å². The van der Waals surface area contributed by atoms with Crippen LogP contribution in [0, 0.1) is 0 Å². The molecule has 318 valence electrons. The molecule has 1 N–H and O–H groups in total. The number of ether oxygens (including phenoxy) is 10. The second-order valence-corrected chi connectivity index (χ2v) is 14.0. The van der Waals surface area contributed by atoms with Crippen molar-refractivity contribution in [2.75, 3.05) is 27.4 Å². The highest BCUT2D eigenvalue weighted by atomic mass is 16.7. The Labute approximate surface area is 349 Å². The van der Waals surface area contributed by atoms with Crippen LogP contribution in [0.25, 0.3) is 10.4 Å². The third-order valence-electron chi connectivity index (χ3n) is 9.99. The van der Waals surface area contributed by atoms with Gasteiger partial charge in [0.1, 0.15) is 48.4 Å². The van der Waals surface area contributed by atoms with Crippen LogP contribution >= 0.6 is 0 Å². The summed E-state index contributed by atoms with van der Waals surface area (Å²) in [5, 5.41) is 16.3. The number of benzene rings is 4. The summed E-state index contributed by atoms with van der Waals surface area (Å²) < 4.78 is 61.5. The fourth-order valence-electron chi connectivity index (χ4n) is 6.95. The first-order valence-electron chi connectivity index (χ1n) is 19.6. The van der Waals surface area contributed by atoms with E-state index in [2.05, 4.69) is 16.6 Å². The first-order valence-corrected chi connectivity index (χ1v) is 19.6. The number of aliphatic hydroxyl groups excluding tert-OH is 1. The van der Waals surface area contributed by atoms with Gasteiger partial charge in [-0.2, -0.15) is 0 Å². The van der Waals surface area contributed by atoms with E-state index in [9.17, 15) is 15.4 Å². The van der Waals surface area contributed by atoms with E-state index in [0.717, 1.165) is 22.3 Å². The summed E-state index contributed by atoms with van der Waals surface area (Å²) in [5.74, 6) is -0.123. The zero-order chi connectivity index (χ0) is 42.1. The predicted octanol–water partition coefficient (Wildman–Crippen LogP) is 6.22. The highest BCUT2D eigenvalue weighted by Crippen LogP contribution is 2.35. The smallest absolute Gasteiger partial charge is 0.337 e. The number of azide groups is 1. The second-order valence-electron chi connectivity index (χ2n) is 14.0. The van der Waals surface area contributed by atoms with Gasteiger partial charge in [-0.05, 0) is 39.9 Å². The van der Waals surface area contributed by atoms with Crippen LogP contribution in [-0.2, 0) is 73.9 Å². The summed E-state index contributed by atoms with van der Waals surface area (Å²) in [7, 11) is 2.80. The van der Waals surface area contributed by atoms with Crippen LogP contribution < -0.4 is 4.74 Å². The largest absolute Gasteiger partial charge is 0.497 e. The molecule has 0 bridgehead atoms. The van der Waals surface area contributed by atoms with Crippen molar-refractivity contribution in [1.82, 2.24) is 0 Å². The summed E-state index contributed by atoms with van der Waals surface area (Å²) in [4.78, 5) is 16.7. The molecule has 2 fully saturated rings. The third-order valence-corrected chi connectivity index (χ3v) is 9.99. The van der Waals surface area contributed by atoms with Crippen molar-refractivity contribution in [2.24, 2.45) is 5.11 Å².